The van der Waals surface area contributed by atoms with Crippen molar-refractivity contribution in [3.63, 3.8) is 0 Å². The Morgan fingerprint density at radius 2 is 1.96 bits per heavy atom. The highest BCUT2D eigenvalue weighted by Crippen LogP contribution is 2.19. The SMILES string of the molecule is O=C(N[C@H]1CCCNC1)c1cccc(S(=O)(=O)Nc2ccccc2F)c1. The van der Waals surface area contributed by atoms with E-state index < -0.39 is 15.8 Å². The summed E-state index contributed by atoms with van der Waals surface area (Å²) in [5.41, 5.74) is 0.0996. The fourth-order valence-corrected chi connectivity index (χ4v) is 3.91. The second-order valence-electron chi connectivity index (χ2n) is 6.13. The topological polar surface area (TPSA) is 87.3 Å². The van der Waals surface area contributed by atoms with Gasteiger partial charge >= 0.3 is 0 Å². The summed E-state index contributed by atoms with van der Waals surface area (Å²) in [7, 11) is -4.01. The molecule has 0 unspecified atom stereocenters. The molecule has 0 spiro atoms. The second kappa shape index (κ2) is 7.84. The summed E-state index contributed by atoms with van der Waals surface area (Å²) in [6.45, 7) is 1.63. The first-order chi connectivity index (χ1) is 12.5. The quantitative estimate of drug-likeness (QED) is 0.745. The number of halogens is 1. The van der Waals surface area contributed by atoms with Crippen LogP contribution < -0.4 is 15.4 Å². The zero-order chi connectivity index (χ0) is 18.6. The normalized spacial score (nSPS) is 17.5. The van der Waals surface area contributed by atoms with Crippen molar-refractivity contribution in [2.45, 2.75) is 23.8 Å². The van der Waals surface area contributed by atoms with Gasteiger partial charge < -0.3 is 10.6 Å². The molecule has 0 aromatic heterocycles. The highest BCUT2D eigenvalue weighted by Gasteiger charge is 2.20. The summed E-state index contributed by atoms with van der Waals surface area (Å²) < 4.78 is 40.9. The van der Waals surface area contributed by atoms with Crippen molar-refractivity contribution in [2.75, 3.05) is 17.8 Å². The highest BCUT2D eigenvalue weighted by molar-refractivity contribution is 7.92. The van der Waals surface area contributed by atoms with Crippen molar-refractivity contribution >= 4 is 21.6 Å². The number of hydrogen-bond acceptors (Lipinski definition) is 4. The Hall–Kier alpha value is -2.45. The summed E-state index contributed by atoms with van der Waals surface area (Å²) in [4.78, 5) is 12.3. The summed E-state index contributed by atoms with van der Waals surface area (Å²) in [5.74, 6) is -1.00. The van der Waals surface area contributed by atoms with E-state index in [1.807, 2.05) is 0 Å². The van der Waals surface area contributed by atoms with E-state index in [0.29, 0.717) is 6.54 Å². The number of rotatable bonds is 5. The molecule has 1 atom stereocenters. The molecular weight excluding hydrogens is 357 g/mol. The number of carbonyl (C=O) groups excluding carboxylic acids is 1. The molecule has 138 valence electrons. The standard InChI is InChI=1S/C18H20FN3O3S/c19-16-8-1-2-9-17(16)22-26(24,25)15-7-3-5-13(11-15)18(23)21-14-6-4-10-20-12-14/h1-3,5,7-9,11,14,20,22H,4,6,10,12H2,(H,21,23)/t14-/m0/s1. The number of piperidine rings is 1. The summed E-state index contributed by atoms with van der Waals surface area (Å²) in [6, 6.07) is 11.2. The predicted molar refractivity (Wildman–Crippen MR) is 97.0 cm³/mol. The fourth-order valence-electron chi connectivity index (χ4n) is 2.80. The Labute approximate surface area is 151 Å². The Bertz CT molecular complexity index is 896. The predicted octanol–water partition coefficient (Wildman–Crippen LogP) is 2.11. The average molecular weight is 377 g/mol. The zero-order valence-electron chi connectivity index (χ0n) is 14.0. The van der Waals surface area contributed by atoms with E-state index in [9.17, 15) is 17.6 Å². The van der Waals surface area contributed by atoms with E-state index in [1.165, 1.54) is 42.5 Å². The third-order valence-corrected chi connectivity index (χ3v) is 5.52. The summed E-state index contributed by atoms with van der Waals surface area (Å²) >= 11 is 0. The van der Waals surface area contributed by atoms with E-state index in [-0.39, 0.29) is 28.1 Å². The van der Waals surface area contributed by atoms with Crippen LogP contribution in [-0.4, -0.2) is 33.5 Å². The Kier molecular flexibility index (Phi) is 5.53. The number of anilines is 1. The molecule has 3 N–H and O–H groups in total. The molecule has 1 fully saturated rings. The van der Waals surface area contributed by atoms with Gasteiger partial charge in [-0.05, 0) is 49.7 Å². The molecule has 1 amide bonds. The van der Waals surface area contributed by atoms with Gasteiger partial charge in [0.1, 0.15) is 5.82 Å². The summed E-state index contributed by atoms with van der Waals surface area (Å²) in [5, 5.41) is 6.10. The van der Waals surface area contributed by atoms with Crippen LogP contribution in [0.3, 0.4) is 0 Å². The lowest BCUT2D eigenvalue weighted by Gasteiger charge is -2.23. The maximum absolute atomic E-state index is 13.7. The third-order valence-electron chi connectivity index (χ3n) is 4.16. The van der Waals surface area contributed by atoms with E-state index in [1.54, 1.807) is 6.07 Å². The maximum Gasteiger partial charge on any atom is 0.262 e. The van der Waals surface area contributed by atoms with Crippen molar-refractivity contribution in [3.8, 4) is 0 Å². The van der Waals surface area contributed by atoms with Gasteiger partial charge in [0.15, 0.2) is 0 Å². The van der Waals surface area contributed by atoms with Gasteiger partial charge in [0.25, 0.3) is 15.9 Å². The zero-order valence-corrected chi connectivity index (χ0v) is 14.9. The molecular formula is C18H20FN3O3S. The van der Waals surface area contributed by atoms with Gasteiger partial charge in [-0.1, -0.05) is 18.2 Å². The molecule has 3 rings (SSSR count). The number of carbonyl (C=O) groups is 1. The van der Waals surface area contributed by atoms with Crippen LogP contribution in [0.2, 0.25) is 0 Å². The second-order valence-corrected chi connectivity index (χ2v) is 7.81. The molecule has 0 saturated carbocycles. The minimum absolute atomic E-state index is 0.0213. The van der Waals surface area contributed by atoms with Crippen molar-refractivity contribution in [2.24, 2.45) is 0 Å². The third kappa shape index (κ3) is 4.39. The lowest BCUT2D eigenvalue weighted by Crippen LogP contribution is -2.45. The first kappa shape index (κ1) is 18.3. The van der Waals surface area contributed by atoms with Crippen molar-refractivity contribution in [1.29, 1.82) is 0 Å². The Morgan fingerprint density at radius 3 is 2.69 bits per heavy atom. The van der Waals surface area contributed by atoms with Crippen molar-refractivity contribution in [1.82, 2.24) is 10.6 Å². The van der Waals surface area contributed by atoms with E-state index >= 15 is 0 Å². The maximum atomic E-state index is 13.7. The van der Waals surface area contributed by atoms with Gasteiger partial charge in [0.05, 0.1) is 10.6 Å². The summed E-state index contributed by atoms with van der Waals surface area (Å²) in [6.07, 6.45) is 1.86. The molecule has 0 bridgehead atoms. The van der Waals surface area contributed by atoms with Gasteiger partial charge in [0.2, 0.25) is 0 Å². The smallest absolute Gasteiger partial charge is 0.262 e. The molecule has 6 nitrogen and oxygen atoms in total. The van der Waals surface area contributed by atoms with Crippen LogP contribution >= 0.6 is 0 Å². The molecule has 26 heavy (non-hydrogen) atoms. The van der Waals surface area contributed by atoms with Crippen LogP contribution in [0.4, 0.5) is 10.1 Å². The molecule has 8 heteroatoms. The van der Waals surface area contributed by atoms with Gasteiger partial charge in [-0.2, -0.15) is 0 Å². The Balaban J connectivity index is 1.77. The van der Waals surface area contributed by atoms with E-state index in [2.05, 4.69) is 15.4 Å². The van der Waals surface area contributed by atoms with Gasteiger partial charge in [-0.15, -0.1) is 0 Å². The fraction of sp³-hybridized carbons (Fsp3) is 0.278. The minimum Gasteiger partial charge on any atom is -0.348 e. The molecule has 1 saturated heterocycles. The van der Waals surface area contributed by atoms with Crippen LogP contribution in [-0.2, 0) is 10.0 Å². The average Bonchev–Trinajstić information content (AvgIpc) is 2.64. The number of nitrogens with one attached hydrogen (secondary N) is 3. The molecule has 0 radical (unpaired) electrons. The molecule has 0 aliphatic carbocycles. The molecule has 1 aliphatic rings. The first-order valence-corrected chi connectivity index (χ1v) is 9.83. The highest BCUT2D eigenvalue weighted by atomic mass is 32.2. The minimum atomic E-state index is -4.01. The molecule has 2 aromatic carbocycles. The van der Waals surface area contributed by atoms with Gasteiger partial charge in [-0.25, -0.2) is 12.8 Å². The molecule has 1 aliphatic heterocycles. The number of sulfonamides is 1. The molecule has 1 heterocycles. The monoisotopic (exact) mass is 377 g/mol. The number of benzene rings is 2. The number of hydrogen-bond donors (Lipinski definition) is 3. The first-order valence-electron chi connectivity index (χ1n) is 8.35. The van der Waals surface area contributed by atoms with Crippen LogP contribution in [0.1, 0.15) is 23.2 Å². The van der Waals surface area contributed by atoms with Crippen LogP contribution in [0.5, 0.6) is 0 Å². The van der Waals surface area contributed by atoms with Crippen molar-refractivity contribution < 1.29 is 17.6 Å². The molecule has 2 aromatic rings. The lowest BCUT2D eigenvalue weighted by molar-refractivity contribution is 0.0930. The number of para-hydroxylation sites is 1. The number of amides is 1. The van der Waals surface area contributed by atoms with Gasteiger partial charge in [0, 0.05) is 18.2 Å². The van der Waals surface area contributed by atoms with Crippen LogP contribution in [0.25, 0.3) is 0 Å². The van der Waals surface area contributed by atoms with Crippen LogP contribution in [0.15, 0.2) is 53.4 Å². The van der Waals surface area contributed by atoms with E-state index in [4.69, 9.17) is 0 Å². The van der Waals surface area contributed by atoms with Crippen molar-refractivity contribution in [3.05, 3.63) is 59.9 Å². The largest absolute Gasteiger partial charge is 0.348 e. The van der Waals surface area contributed by atoms with Gasteiger partial charge in [-0.3, -0.25) is 9.52 Å². The lowest BCUT2D eigenvalue weighted by atomic mass is 10.1. The van der Waals surface area contributed by atoms with Crippen LogP contribution in [0, 0.1) is 5.82 Å². The Morgan fingerprint density at radius 1 is 1.15 bits per heavy atom. The van der Waals surface area contributed by atoms with E-state index in [0.717, 1.165) is 19.4 Å².